The van der Waals surface area contributed by atoms with Gasteiger partial charge in [0.1, 0.15) is 18.5 Å². The number of amides is 2. The minimum Gasteiger partial charge on any atom is -0.543 e. The van der Waals surface area contributed by atoms with Gasteiger partial charge in [0.2, 0.25) is 16.5 Å². The average Bonchev–Trinajstić information content (AvgIpc) is 3.56. The number of oxime groups is 1. The predicted molar refractivity (Wildman–Crippen MR) is 129 cm³/mol. The molecule has 188 valence electrons. The van der Waals surface area contributed by atoms with E-state index in [1.54, 1.807) is 11.4 Å². The SMILES string of the molecule is CO/N=C(\C(=O)N[C@@H]1C(=O)N2C(C(=O)[O-])=C(CSc3nn4c(C)nnc4s3)CS[C@H]12)c1nsc(N)n1.[Na+]. The first-order chi connectivity index (χ1) is 17.3. The number of thioether (sulfide) groups is 2. The molecule has 0 unspecified atom stereocenters. The molecule has 0 aliphatic carbocycles. The standard InChI is InChI=1S/C17H16N10O5S4.Na/c1-5-21-22-16-27(5)23-17(35-16)34-4-6-3-33-13-8(12(29)26(13)9(6)14(30)31)19-11(28)7(24-32-2)10-20-15(18)36-25-10;/h8,13H,3-4H2,1-2H3,(H,19,28)(H,30,31)(H2,18,20,25);/q;+1/p-1/b24-7-;/t8-,13-;/m1./s1. The molecule has 0 bridgehead atoms. The van der Waals surface area contributed by atoms with Crippen molar-refractivity contribution in [3.63, 3.8) is 0 Å². The van der Waals surface area contributed by atoms with E-state index in [9.17, 15) is 19.5 Å². The number of aliphatic carboxylic acids is 1. The largest absolute Gasteiger partial charge is 1.00 e. The first-order valence-corrected chi connectivity index (χ1v) is 13.6. The Morgan fingerprint density at radius 1 is 1.38 bits per heavy atom. The molecule has 5 rings (SSSR count). The van der Waals surface area contributed by atoms with Crippen LogP contribution in [0, 0.1) is 6.92 Å². The molecule has 2 atom stereocenters. The van der Waals surface area contributed by atoms with Crippen molar-refractivity contribution >= 4 is 80.0 Å². The third-order valence-corrected chi connectivity index (χ3v) is 9.08. The van der Waals surface area contributed by atoms with Crippen molar-refractivity contribution in [2.24, 2.45) is 5.16 Å². The molecule has 3 aromatic heterocycles. The van der Waals surface area contributed by atoms with E-state index in [-0.39, 0.29) is 57.7 Å². The maximum absolute atomic E-state index is 12.9. The number of carbonyl (C=O) groups is 3. The number of hydrogen-bond donors (Lipinski definition) is 2. The van der Waals surface area contributed by atoms with Crippen molar-refractivity contribution in [1.29, 1.82) is 0 Å². The Labute approximate surface area is 246 Å². The zero-order valence-corrected chi connectivity index (χ0v) is 24.7. The monoisotopic (exact) mass is 590 g/mol. The minimum atomic E-state index is -1.47. The Kier molecular flexibility index (Phi) is 8.41. The van der Waals surface area contributed by atoms with E-state index < -0.39 is 29.2 Å². The number of carboxylic acids is 1. The van der Waals surface area contributed by atoms with Crippen LogP contribution in [0.2, 0.25) is 0 Å². The number of aryl methyl sites for hydroxylation is 1. The normalized spacial score (nSPS) is 19.4. The first kappa shape index (κ1) is 27.7. The van der Waals surface area contributed by atoms with Crippen molar-refractivity contribution in [2.45, 2.75) is 22.7 Å². The fourth-order valence-corrected chi connectivity index (χ4v) is 7.34. The summed E-state index contributed by atoms with van der Waals surface area (Å²) < 4.78 is 6.23. The molecule has 15 nitrogen and oxygen atoms in total. The molecular formula is C17H15N10NaO5S4. The molecule has 0 radical (unpaired) electrons. The van der Waals surface area contributed by atoms with Crippen LogP contribution < -0.4 is 45.7 Å². The van der Waals surface area contributed by atoms with Crippen LogP contribution in [0.4, 0.5) is 5.13 Å². The van der Waals surface area contributed by atoms with Crippen LogP contribution in [0.5, 0.6) is 0 Å². The molecule has 0 saturated carbocycles. The van der Waals surface area contributed by atoms with Gasteiger partial charge in [-0.25, -0.2) is 0 Å². The number of hydrogen-bond acceptors (Lipinski definition) is 16. The van der Waals surface area contributed by atoms with Gasteiger partial charge in [0, 0.05) is 23.0 Å². The number of carboxylic acid groups (broad SMARTS) is 1. The summed E-state index contributed by atoms with van der Waals surface area (Å²) in [6, 6.07) is -0.980. The van der Waals surface area contributed by atoms with Crippen molar-refractivity contribution < 1.29 is 53.9 Å². The zero-order valence-electron chi connectivity index (χ0n) is 19.4. The van der Waals surface area contributed by atoms with Crippen molar-refractivity contribution in [1.82, 2.24) is 39.4 Å². The number of nitrogens with two attached hydrogens (primary N) is 1. The van der Waals surface area contributed by atoms with Gasteiger partial charge >= 0.3 is 29.6 Å². The Morgan fingerprint density at radius 3 is 2.81 bits per heavy atom. The van der Waals surface area contributed by atoms with Crippen LogP contribution >= 0.6 is 46.4 Å². The molecule has 1 saturated heterocycles. The minimum absolute atomic E-state index is 0. The molecule has 0 aromatic carbocycles. The molecule has 0 spiro atoms. The number of rotatable bonds is 8. The molecule has 2 aliphatic rings. The molecule has 20 heteroatoms. The quantitative estimate of drug-likeness (QED) is 0.0835. The zero-order chi connectivity index (χ0) is 25.6. The van der Waals surface area contributed by atoms with E-state index in [2.05, 4.69) is 35.1 Å². The number of aromatic nitrogens is 6. The second-order valence-electron chi connectivity index (χ2n) is 7.28. The number of β-lactam (4-membered cyclic amide) rings is 1. The third kappa shape index (κ3) is 5.20. The van der Waals surface area contributed by atoms with E-state index in [4.69, 9.17) is 10.6 Å². The molecule has 1 fully saturated rings. The van der Waals surface area contributed by atoms with E-state index in [0.717, 1.165) is 16.4 Å². The van der Waals surface area contributed by atoms with Gasteiger partial charge in [-0.2, -0.15) is 13.9 Å². The first-order valence-electron chi connectivity index (χ1n) is 9.99. The summed E-state index contributed by atoms with van der Waals surface area (Å²) in [4.78, 5) is 48.1. The van der Waals surface area contributed by atoms with Gasteiger partial charge in [-0.1, -0.05) is 28.3 Å². The Balaban J connectivity index is 0.00000320. The number of nitrogens with one attached hydrogen (secondary N) is 1. The summed E-state index contributed by atoms with van der Waals surface area (Å²) in [5, 5.41) is 30.1. The summed E-state index contributed by atoms with van der Waals surface area (Å²) >= 11 is 4.86. The molecule has 37 heavy (non-hydrogen) atoms. The summed E-state index contributed by atoms with van der Waals surface area (Å²) in [6.45, 7) is 1.78. The maximum Gasteiger partial charge on any atom is 1.00 e. The predicted octanol–water partition coefficient (Wildman–Crippen LogP) is -4.52. The van der Waals surface area contributed by atoms with E-state index in [1.807, 2.05) is 0 Å². The molecule has 2 amide bonds. The van der Waals surface area contributed by atoms with Crippen molar-refractivity contribution in [3.8, 4) is 0 Å². The Hall–Kier alpha value is -2.29. The van der Waals surface area contributed by atoms with Crippen LogP contribution in [-0.4, -0.2) is 87.6 Å². The number of nitrogens with zero attached hydrogens (tertiary/aromatic N) is 8. The Morgan fingerprint density at radius 2 is 2.16 bits per heavy atom. The number of carbonyl (C=O) groups excluding carboxylic acids is 3. The molecule has 2 aliphatic heterocycles. The molecular weight excluding hydrogens is 576 g/mol. The molecule has 3 N–H and O–H groups in total. The second kappa shape index (κ2) is 11.2. The number of nitrogen functional groups attached to an aromatic ring is 1. The van der Waals surface area contributed by atoms with Gasteiger partial charge in [-0.05, 0) is 12.5 Å². The van der Waals surface area contributed by atoms with Gasteiger partial charge in [-0.3, -0.25) is 14.5 Å². The van der Waals surface area contributed by atoms with Gasteiger partial charge < -0.3 is 25.8 Å². The Bertz CT molecular complexity index is 1450. The third-order valence-electron chi connectivity index (χ3n) is 5.08. The topological polar surface area (TPSA) is 206 Å². The van der Waals surface area contributed by atoms with Gasteiger partial charge in [-0.15, -0.1) is 27.1 Å². The summed E-state index contributed by atoms with van der Waals surface area (Å²) in [6.07, 6.45) is 0. The van der Waals surface area contributed by atoms with Gasteiger partial charge in [0.15, 0.2) is 15.3 Å². The van der Waals surface area contributed by atoms with Crippen LogP contribution in [0.15, 0.2) is 20.8 Å². The van der Waals surface area contributed by atoms with Gasteiger partial charge in [0.05, 0.1) is 11.7 Å². The van der Waals surface area contributed by atoms with E-state index >= 15 is 0 Å². The van der Waals surface area contributed by atoms with Crippen molar-refractivity contribution in [2.75, 3.05) is 24.3 Å². The number of fused-ring (bicyclic) bond motifs is 2. The van der Waals surface area contributed by atoms with E-state index in [0.29, 0.717) is 26.5 Å². The fraction of sp³-hybridized carbons (Fsp3) is 0.353. The van der Waals surface area contributed by atoms with E-state index in [1.165, 1.54) is 42.0 Å². The van der Waals surface area contributed by atoms with Gasteiger partial charge in [0.25, 0.3) is 11.8 Å². The summed E-state index contributed by atoms with van der Waals surface area (Å²) in [5.41, 5.74) is 5.64. The fourth-order valence-electron chi connectivity index (χ4n) is 3.50. The smallest absolute Gasteiger partial charge is 0.543 e. The second-order valence-corrected chi connectivity index (χ2v) is 11.3. The van der Waals surface area contributed by atoms with Crippen LogP contribution in [0.25, 0.3) is 4.96 Å². The van der Waals surface area contributed by atoms with Crippen LogP contribution in [0.1, 0.15) is 11.6 Å². The number of anilines is 1. The summed E-state index contributed by atoms with van der Waals surface area (Å²) in [7, 11) is 1.24. The average molecular weight is 591 g/mol. The molecule has 5 heterocycles. The van der Waals surface area contributed by atoms with Crippen molar-refractivity contribution in [3.05, 3.63) is 22.9 Å². The molecule has 3 aromatic rings. The maximum atomic E-state index is 12.9. The van der Waals surface area contributed by atoms with Crippen LogP contribution in [-0.2, 0) is 19.2 Å². The summed E-state index contributed by atoms with van der Waals surface area (Å²) in [5.74, 6) is -1.60. The van der Waals surface area contributed by atoms with Crippen LogP contribution in [0.3, 0.4) is 0 Å².